The second kappa shape index (κ2) is 5.31. The van der Waals surface area contributed by atoms with Gasteiger partial charge in [0.15, 0.2) is 0 Å². The first kappa shape index (κ1) is 13.7. The Kier molecular flexibility index (Phi) is 4.28. The van der Waals surface area contributed by atoms with Crippen LogP contribution in [0, 0.1) is 5.41 Å². The van der Waals surface area contributed by atoms with Crippen molar-refractivity contribution in [1.82, 2.24) is 9.96 Å². The SMILES string of the molecule is C=CC(=O)N1CCN(OC(=O)C(C)(C)C)CC1. The molecule has 0 aromatic carbocycles. The summed E-state index contributed by atoms with van der Waals surface area (Å²) in [6.45, 7) is 11.1. The average molecular weight is 240 g/mol. The molecule has 1 rings (SSSR count). The van der Waals surface area contributed by atoms with Gasteiger partial charge in [0, 0.05) is 13.1 Å². The van der Waals surface area contributed by atoms with Crippen molar-refractivity contribution >= 4 is 11.9 Å². The number of carbonyl (C=O) groups is 2. The molecule has 1 fully saturated rings. The molecule has 0 bridgehead atoms. The molecular formula is C12H20N2O3. The summed E-state index contributed by atoms with van der Waals surface area (Å²) in [7, 11) is 0. The first-order valence-corrected chi connectivity index (χ1v) is 5.73. The Labute approximate surface area is 102 Å². The molecule has 1 aliphatic heterocycles. The third-order valence-corrected chi connectivity index (χ3v) is 2.55. The van der Waals surface area contributed by atoms with Gasteiger partial charge in [-0.1, -0.05) is 6.58 Å². The molecule has 17 heavy (non-hydrogen) atoms. The molecule has 1 saturated heterocycles. The van der Waals surface area contributed by atoms with Crippen LogP contribution in [0.15, 0.2) is 12.7 Å². The predicted molar refractivity (Wildman–Crippen MR) is 63.9 cm³/mol. The van der Waals surface area contributed by atoms with E-state index in [1.807, 2.05) is 20.8 Å². The molecule has 0 aromatic rings. The highest BCUT2D eigenvalue weighted by Gasteiger charge is 2.28. The molecule has 96 valence electrons. The van der Waals surface area contributed by atoms with Crippen molar-refractivity contribution in [2.75, 3.05) is 26.2 Å². The van der Waals surface area contributed by atoms with Crippen molar-refractivity contribution in [3.63, 3.8) is 0 Å². The van der Waals surface area contributed by atoms with Crippen molar-refractivity contribution in [3.05, 3.63) is 12.7 Å². The maximum absolute atomic E-state index is 11.6. The molecule has 1 heterocycles. The Hall–Kier alpha value is -1.36. The molecule has 5 heteroatoms. The maximum Gasteiger partial charge on any atom is 0.330 e. The molecule has 5 nitrogen and oxygen atoms in total. The van der Waals surface area contributed by atoms with Gasteiger partial charge >= 0.3 is 5.97 Å². The van der Waals surface area contributed by atoms with E-state index in [2.05, 4.69) is 6.58 Å². The Morgan fingerprint density at radius 2 is 1.71 bits per heavy atom. The fraction of sp³-hybridized carbons (Fsp3) is 0.667. The molecule has 0 atom stereocenters. The minimum Gasteiger partial charge on any atom is -0.367 e. The second-order valence-electron chi connectivity index (χ2n) is 5.09. The van der Waals surface area contributed by atoms with Crippen LogP contribution in [-0.2, 0) is 14.4 Å². The summed E-state index contributed by atoms with van der Waals surface area (Å²) in [6, 6.07) is 0. The second-order valence-corrected chi connectivity index (χ2v) is 5.09. The zero-order chi connectivity index (χ0) is 13.1. The summed E-state index contributed by atoms with van der Waals surface area (Å²) in [4.78, 5) is 29.9. The minimum absolute atomic E-state index is 0.0770. The lowest BCUT2D eigenvalue weighted by atomic mass is 9.98. The van der Waals surface area contributed by atoms with Gasteiger partial charge in [-0.05, 0) is 26.8 Å². The van der Waals surface area contributed by atoms with Gasteiger partial charge in [-0.15, -0.1) is 5.06 Å². The zero-order valence-corrected chi connectivity index (χ0v) is 10.7. The number of carbonyl (C=O) groups excluding carboxylic acids is 2. The number of hydroxylamine groups is 2. The molecule has 0 aromatic heterocycles. The van der Waals surface area contributed by atoms with E-state index >= 15 is 0 Å². The first-order valence-electron chi connectivity index (χ1n) is 5.73. The van der Waals surface area contributed by atoms with Gasteiger partial charge in [0.1, 0.15) is 0 Å². The fourth-order valence-corrected chi connectivity index (χ4v) is 1.38. The quantitative estimate of drug-likeness (QED) is 0.671. The van der Waals surface area contributed by atoms with Crippen molar-refractivity contribution in [1.29, 1.82) is 0 Å². The van der Waals surface area contributed by atoms with Crippen LogP contribution in [0.1, 0.15) is 20.8 Å². The van der Waals surface area contributed by atoms with E-state index in [-0.39, 0.29) is 11.9 Å². The summed E-state index contributed by atoms with van der Waals surface area (Å²) in [5, 5.41) is 1.61. The van der Waals surface area contributed by atoms with Crippen LogP contribution in [0.5, 0.6) is 0 Å². The lowest BCUT2D eigenvalue weighted by molar-refractivity contribution is -0.206. The van der Waals surface area contributed by atoms with Crippen LogP contribution in [0.25, 0.3) is 0 Å². The van der Waals surface area contributed by atoms with E-state index < -0.39 is 5.41 Å². The Balaban J connectivity index is 2.40. The van der Waals surface area contributed by atoms with E-state index in [4.69, 9.17) is 4.84 Å². The van der Waals surface area contributed by atoms with Crippen LogP contribution >= 0.6 is 0 Å². The van der Waals surface area contributed by atoms with Crippen LogP contribution in [0.2, 0.25) is 0 Å². The topological polar surface area (TPSA) is 49.9 Å². The molecule has 0 aliphatic carbocycles. The number of hydrogen-bond acceptors (Lipinski definition) is 4. The molecule has 1 amide bonds. The molecule has 0 N–H and O–H groups in total. The zero-order valence-electron chi connectivity index (χ0n) is 10.7. The van der Waals surface area contributed by atoms with Gasteiger partial charge in [0.25, 0.3) is 0 Å². The van der Waals surface area contributed by atoms with E-state index in [1.165, 1.54) is 6.08 Å². The van der Waals surface area contributed by atoms with E-state index in [0.717, 1.165) is 0 Å². The summed E-state index contributed by atoms with van der Waals surface area (Å²) >= 11 is 0. The van der Waals surface area contributed by atoms with Gasteiger partial charge in [0.05, 0.1) is 18.5 Å². The monoisotopic (exact) mass is 240 g/mol. The van der Waals surface area contributed by atoms with E-state index in [9.17, 15) is 9.59 Å². The summed E-state index contributed by atoms with van der Waals surface area (Å²) < 4.78 is 0. The van der Waals surface area contributed by atoms with Crippen LogP contribution in [0.4, 0.5) is 0 Å². The van der Waals surface area contributed by atoms with Crippen molar-refractivity contribution < 1.29 is 14.4 Å². The maximum atomic E-state index is 11.6. The average Bonchev–Trinajstić information content (AvgIpc) is 2.27. The largest absolute Gasteiger partial charge is 0.367 e. The molecule has 0 unspecified atom stereocenters. The Morgan fingerprint density at radius 1 is 1.18 bits per heavy atom. The van der Waals surface area contributed by atoms with Gasteiger partial charge in [-0.25, -0.2) is 4.79 Å². The van der Waals surface area contributed by atoms with Gasteiger partial charge in [-0.2, -0.15) is 0 Å². The highest BCUT2D eigenvalue weighted by Crippen LogP contribution is 2.16. The lowest BCUT2D eigenvalue weighted by Crippen LogP contribution is -2.49. The number of rotatable bonds is 2. The number of hydrogen-bond donors (Lipinski definition) is 0. The molecule has 0 saturated carbocycles. The smallest absolute Gasteiger partial charge is 0.330 e. The highest BCUT2D eigenvalue weighted by molar-refractivity contribution is 5.87. The highest BCUT2D eigenvalue weighted by atomic mass is 16.7. The van der Waals surface area contributed by atoms with E-state index in [1.54, 1.807) is 9.96 Å². The van der Waals surface area contributed by atoms with Crippen molar-refractivity contribution in [3.8, 4) is 0 Å². The fourth-order valence-electron chi connectivity index (χ4n) is 1.38. The lowest BCUT2D eigenvalue weighted by Gasteiger charge is -2.33. The summed E-state index contributed by atoms with van der Waals surface area (Å²) in [6.07, 6.45) is 1.30. The van der Waals surface area contributed by atoms with Gasteiger partial charge in [0.2, 0.25) is 5.91 Å². The predicted octanol–water partition coefficient (Wildman–Crippen LogP) is 0.821. The Bertz CT molecular complexity index is 312. The number of nitrogens with zero attached hydrogens (tertiary/aromatic N) is 2. The Morgan fingerprint density at radius 3 is 2.12 bits per heavy atom. The van der Waals surface area contributed by atoms with Crippen LogP contribution < -0.4 is 0 Å². The number of piperazine rings is 1. The third-order valence-electron chi connectivity index (χ3n) is 2.55. The third kappa shape index (κ3) is 3.85. The summed E-state index contributed by atoms with van der Waals surface area (Å²) in [5.74, 6) is -0.326. The van der Waals surface area contributed by atoms with Crippen molar-refractivity contribution in [2.24, 2.45) is 5.41 Å². The molecule has 0 radical (unpaired) electrons. The number of amides is 1. The molecule has 1 aliphatic rings. The van der Waals surface area contributed by atoms with Gasteiger partial charge < -0.3 is 9.74 Å². The van der Waals surface area contributed by atoms with Gasteiger partial charge in [-0.3, -0.25) is 4.79 Å². The molecule has 0 spiro atoms. The first-order chi connectivity index (χ1) is 7.84. The van der Waals surface area contributed by atoms with Crippen molar-refractivity contribution in [2.45, 2.75) is 20.8 Å². The summed E-state index contributed by atoms with van der Waals surface area (Å²) in [5.41, 5.74) is -0.506. The molecular weight excluding hydrogens is 220 g/mol. The normalized spacial score (nSPS) is 17.7. The van der Waals surface area contributed by atoms with Crippen LogP contribution in [0.3, 0.4) is 0 Å². The van der Waals surface area contributed by atoms with E-state index in [0.29, 0.717) is 26.2 Å². The standard InChI is InChI=1S/C12H20N2O3/c1-5-10(15)13-6-8-14(9-7-13)17-11(16)12(2,3)4/h5H,1,6-9H2,2-4H3. The van der Waals surface area contributed by atoms with Crippen LogP contribution in [-0.4, -0.2) is 48.0 Å². The minimum atomic E-state index is -0.506.